The van der Waals surface area contributed by atoms with Crippen LogP contribution in [0.15, 0.2) is 30.3 Å². The number of Topliss-reactive ketones (excluding diaryl/α,β-unsaturated/α-hetero) is 2. The first kappa shape index (κ1) is 27.0. The van der Waals surface area contributed by atoms with Crippen LogP contribution in [0.5, 0.6) is 0 Å². The first-order chi connectivity index (χ1) is 16.7. The number of nitrogens with one attached hydrogen (secondary N) is 2. The Bertz CT molecular complexity index is 906. The number of amides is 2. The van der Waals surface area contributed by atoms with E-state index in [1.807, 2.05) is 32.0 Å². The quantitative estimate of drug-likeness (QED) is 0.254. The van der Waals surface area contributed by atoms with Gasteiger partial charge in [0.25, 0.3) is 0 Å². The van der Waals surface area contributed by atoms with Crippen LogP contribution in [-0.2, 0) is 19.1 Å². The van der Waals surface area contributed by atoms with Crippen molar-refractivity contribution in [2.45, 2.75) is 63.6 Å². The minimum absolute atomic E-state index is 0.0784. The average molecular weight is 489 g/mol. The summed E-state index contributed by atoms with van der Waals surface area (Å²) in [7, 11) is 0. The number of benzene rings is 1. The fourth-order valence-electron chi connectivity index (χ4n) is 4.63. The van der Waals surface area contributed by atoms with Crippen LogP contribution in [0.25, 0.3) is 0 Å². The lowest BCUT2D eigenvalue weighted by atomic mass is 9.78. The van der Waals surface area contributed by atoms with E-state index in [9.17, 15) is 29.4 Å². The first-order valence-electron chi connectivity index (χ1n) is 12.3. The van der Waals surface area contributed by atoms with Gasteiger partial charge in [-0.1, -0.05) is 44.2 Å². The zero-order chi connectivity index (χ0) is 25.6. The SMILES string of the molecule is CC(C)C[C@H](NC(=O)[C@H](CO)NC(=O)C1CCC(C(=O)c2ccccc2)CC1)C(=O)[C@@]1(CO)CO1. The van der Waals surface area contributed by atoms with Crippen molar-refractivity contribution in [1.29, 1.82) is 0 Å². The number of carbonyl (C=O) groups excluding carboxylic acids is 4. The summed E-state index contributed by atoms with van der Waals surface area (Å²) >= 11 is 0. The molecule has 1 aliphatic heterocycles. The first-order valence-corrected chi connectivity index (χ1v) is 12.3. The van der Waals surface area contributed by atoms with Gasteiger partial charge in [-0.25, -0.2) is 0 Å². The fourth-order valence-corrected chi connectivity index (χ4v) is 4.63. The van der Waals surface area contributed by atoms with Crippen LogP contribution in [0.1, 0.15) is 56.3 Å². The fraction of sp³-hybridized carbons (Fsp3) is 0.615. The van der Waals surface area contributed by atoms with Crippen molar-refractivity contribution in [2.75, 3.05) is 19.8 Å². The highest BCUT2D eigenvalue weighted by atomic mass is 16.6. The summed E-state index contributed by atoms with van der Waals surface area (Å²) < 4.78 is 5.14. The summed E-state index contributed by atoms with van der Waals surface area (Å²) in [4.78, 5) is 51.2. The van der Waals surface area contributed by atoms with Gasteiger partial charge in [0.15, 0.2) is 17.2 Å². The molecule has 1 aliphatic carbocycles. The van der Waals surface area contributed by atoms with Gasteiger partial charge in [-0.3, -0.25) is 19.2 Å². The molecule has 192 valence electrons. The maximum absolute atomic E-state index is 12.8. The largest absolute Gasteiger partial charge is 0.394 e. The molecule has 0 spiro atoms. The summed E-state index contributed by atoms with van der Waals surface area (Å²) in [5, 5.41) is 24.5. The highest BCUT2D eigenvalue weighted by Crippen LogP contribution is 2.32. The van der Waals surface area contributed by atoms with Crippen LogP contribution in [-0.4, -0.2) is 71.1 Å². The van der Waals surface area contributed by atoms with Gasteiger partial charge >= 0.3 is 0 Å². The maximum atomic E-state index is 12.8. The molecule has 1 heterocycles. The molecule has 4 N–H and O–H groups in total. The molecule has 1 saturated carbocycles. The molecule has 1 saturated heterocycles. The van der Waals surface area contributed by atoms with Crippen LogP contribution in [0, 0.1) is 17.8 Å². The number of epoxide rings is 1. The van der Waals surface area contributed by atoms with Crippen molar-refractivity contribution in [3.05, 3.63) is 35.9 Å². The molecule has 2 fully saturated rings. The maximum Gasteiger partial charge on any atom is 0.245 e. The van der Waals surface area contributed by atoms with Crippen molar-refractivity contribution in [1.82, 2.24) is 10.6 Å². The lowest BCUT2D eigenvalue weighted by molar-refractivity contribution is -0.135. The van der Waals surface area contributed by atoms with Crippen molar-refractivity contribution >= 4 is 23.4 Å². The van der Waals surface area contributed by atoms with Crippen LogP contribution in [0.3, 0.4) is 0 Å². The number of hydrogen-bond acceptors (Lipinski definition) is 7. The average Bonchev–Trinajstić information content (AvgIpc) is 3.67. The number of aliphatic hydroxyl groups is 2. The molecule has 9 heteroatoms. The van der Waals surface area contributed by atoms with Gasteiger partial charge < -0.3 is 25.6 Å². The number of carbonyl (C=O) groups is 4. The molecule has 0 bridgehead atoms. The molecule has 2 amide bonds. The molecule has 0 unspecified atom stereocenters. The molecule has 3 rings (SSSR count). The normalized spacial score (nSPS) is 25.4. The molecule has 2 aliphatic rings. The third-order valence-corrected chi connectivity index (χ3v) is 6.88. The van der Waals surface area contributed by atoms with E-state index in [2.05, 4.69) is 10.6 Å². The summed E-state index contributed by atoms with van der Waals surface area (Å²) in [5.74, 6) is -1.76. The monoisotopic (exact) mass is 488 g/mol. The van der Waals surface area contributed by atoms with Crippen molar-refractivity contribution in [3.8, 4) is 0 Å². The highest BCUT2D eigenvalue weighted by molar-refractivity contribution is 5.99. The number of rotatable bonds is 12. The van der Waals surface area contributed by atoms with E-state index >= 15 is 0 Å². The Morgan fingerprint density at radius 3 is 2.09 bits per heavy atom. The van der Waals surface area contributed by atoms with Gasteiger partial charge in [-0.15, -0.1) is 0 Å². The topological polar surface area (TPSA) is 145 Å². The Labute approximate surface area is 205 Å². The number of aliphatic hydroxyl groups excluding tert-OH is 2. The van der Waals surface area contributed by atoms with Crippen molar-refractivity contribution < 1.29 is 34.1 Å². The predicted molar refractivity (Wildman–Crippen MR) is 127 cm³/mol. The van der Waals surface area contributed by atoms with Crippen LogP contribution >= 0.6 is 0 Å². The molecular weight excluding hydrogens is 452 g/mol. The zero-order valence-electron chi connectivity index (χ0n) is 20.4. The second kappa shape index (κ2) is 11.9. The van der Waals surface area contributed by atoms with Crippen LogP contribution < -0.4 is 10.6 Å². The lowest BCUT2D eigenvalue weighted by Crippen LogP contribution is -2.56. The van der Waals surface area contributed by atoms with Gasteiger partial charge in [0.1, 0.15) is 6.04 Å². The van der Waals surface area contributed by atoms with Gasteiger partial charge in [0.05, 0.1) is 25.9 Å². The smallest absolute Gasteiger partial charge is 0.245 e. The van der Waals surface area contributed by atoms with Crippen molar-refractivity contribution in [2.24, 2.45) is 17.8 Å². The minimum atomic E-state index is -1.28. The highest BCUT2D eigenvalue weighted by Gasteiger charge is 2.54. The van der Waals surface area contributed by atoms with E-state index in [1.165, 1.54) is 0 Å². The zero-order valence-corrected chi connectivity index (χ0v) is 20.4. The third-order valence-electron chi connectivity index (χ3n) is 6.88. The summed E-state index contributed by atoms with van der Waals surface area (Å²) in [5.41, 5.74) is -0.608. The number of ketones is 2. The Morgan fingerprint density at radius 1 is 0.971 bits per heavy atom. The molecule has 9 nitrogen and oxygen atoms in total. The Kier molecular flexibility index (Phi) is 9.15. The second-order valence-corrected chi connectivity index (χ2v) is 10.0. The van der Waals surface area contributed by atoms with Gasteiger partial charge in [-0.05, 0) is 38.0 Å². The van der Waals surface area contributed by atoms with E-state index in [-0.39, 0.29) is 36.1 Å². The van der Waals surface area contributed by atoms with E-state index in [0.717, 1.165) is 0 Å². The van der Waals surface area contributed by atoms with E-state index < -0.39 is 42.6 Å². The Balaban J connectivity index is 1.54. The van der Waals surface area contributed by atoms with E-state index in [0.29, 0.717) is 37.7 Å². The van der Waals surface area contributed by atoms with Gasteiger partial charge in [0.2, 0.25) is 11.8 Å². The summed E-state index contributed by atoms with van der Waals surface area (Å²) in [6.45, 7) is 2.81. The molecule has 1 aromatic rings. The van der Waals surface area contributed by atoms with Crippen LogP contribution in [0.4, 0.5) is 0 Å². The Morgan fingerprint density at radius 2 is 1.57 bits per heavy atom. The molecule has 3 atom stereocenters. The van der Waals surface area contributed by atoms with Gasteiger partial charge in [0, 0.05) is 17.4 Å². The molecule has 0 radical (unpaired) electrons. The summed E-state index contributed by atoms with van der Waals surface area (Å²) in [6.07, 6.45) is 2.52. The third kappa shape index (κ3) is 6.74. The molecular formula is C26H36N2O7. The predicted octanol–water partition coefficient (Wildman–Crippen LogP) is 1.01. The standard InChI is InChI=1S/C26H36N2O7/c1-16(2)12-20(23(32)26(14-30)15-35-26)27-25(34)21(13-29)28-24(33)19-10-8-18(9-11-19)22(31)17-6-4-3-5-7-17/h3-7,16,18-21,29-30H,8-15H2,1-2H3,(H,27,34)(H,28,33)/t18?,19?,20-,21-,26+/m0/s1. The molecule has 0 aromatic heterocycles. The van der Waals surface area contributed by atoms with Crippen molar-refractivity contribution in [3.63, 3.8) is 0 Å². The lowest BCUT2D eigenvalue weighted by Gasteiger charge is -2.29. The van der Waals surface area contributed by atoms with E-state index in [1.54, 1.807) is 12.1 Å². The number of hydrogen-bond donors (Lipinski definition) is 4. The van der Waals surface area contributed by atoms with E-state index in [4.69, 9.17) is 4.74 Å². The second-order valence-electron chi connectivity index (χ2n) is 10.0. The van der Waals surface area contributed by atoms with Gasteiger partial charge in [-0.2, -0.15) is 0 Å². The Hall–Kier alpha value is -2.62. The molecule has 35 heavy (non-hydrogen) atoms. The summed E-state index contributed by atoms with van der Waals surface area (Å²) in [6, 6.07) is 6.99. The minimum Gasteiger partial charge on any atom is -0.394 e. The van der Waals surface area contributed by atoms with Crippen LogP contribution in [0.2, 0.25) is 0 Å². The molecule has 1 aromatic carbocycles. The number of ether oxygens (including phenoxy) is 1.